The zero-order chi connectivity index (χ0) is 42.4. The molecule has 2 fully saturated rings. The summed E-state index contributed by atoms with van der Waals surface area (Å²) in [6.07, 6.45) is -15.1. The Kier molecular flexibility index (Phi) is 17.7. The van der Waals surface area contributed by atoms with Crippen molar-refractivity contribution in [3.8, 4) is 0 Å². The molecule has 2 aliphatic heterocycles. The number of amides is 1. The molecular formula is C36H47NO20. The summed E-state index contributed by atoms with van der Waals surface area (Å²) in [5, 5.41) is 0. The second-order valence-corrected chi connectivity index (χ2v) is 12.7. The molecule has 2 aliphatic rings. The van der Waals surface area contributed by atoms with Crippen LogP contribution in [0.3, 0.4) is 0 Å². The van der Waals surface area contributed by atoms with E-state index in [9.17, 15) is 38.4 Å². The number of hydrogen-bond acceptors (Lipinski definition) is 20. The fraction of sp³-hybridized carbons (Fsp3) is 0.611. The van der Waals surface area contributed by atoms with E-state index in [0.717, 1.165) is 48.5 Å². The van der Waals surface area contributed by atoms with E-state index >= 15 is 0 Å². The third-order valence-corrected chi connectivity index (χ3v) is 7.79. The molecular weight excluding hydrogens is 766 g/mol. The molecule has 2 saturated heterocycles. The summed E-state index contributed by atoms with van der Waals surface area (Å²) in [5.41, 5.74) is 3.39. The number of esters is 7. The van der Waals surface area contributed by atoms with Gasteiger partial charge in [0, 0.05) is 55.4 Å². The molecule has 1 aromatic carbocycles. The number of hydrogen-bond donors (Lipinski definition) is 1. The first-order valence-corrected chi connectivity index (χ1v) is 17.5. The summed E-state index contributed by atoms with van der Waals surface area (Å²) in [6, 6.07) is 6.74. The summed E-state index contributed by atoms with van der Waals surface area (Å²) < 4.78 is 61.9. The monoisotopic (exact) mass is 813 g/mol. The quantitative estimate of drug-likeness (QED) is 0.127. The molecule has 0 bridgehead atoms. The summed E-state index contributed by atoms with van der Waals surface area (Å²) >= 11 is 0. The second-order valence-electron chi connectivity index (χ2n) is 12.7. The first-order valence-electron chi connectivity index (χ1n) is 17.5. The highest BCUT2D eigenvalue weighted by atomic mass is 16.8. The molecule has 0 aromatic heterocycles. The van der Waals surface area contributed by atoms with Crippen molar-refractivity contribution in [2.75, 3.05) is 13.2 Å². The van der Waals surface area contributed by atoms with Gasteiger partial charge in [0.25, 0.3) is 0 Å². The molecule has 0 spiro atoms. The van der Waals surface area contributed by atoms with E-state index in [0.29, 0.717) is 11.1 Å². The Balaban J connectivity index is 2.02. The van der Waals surface area contributed by atoms with Gasteiger partial charge in [-0.15, -0.1) is 0 Å². The lowest BCUT2D eigenvalue weighted by atomic mass is 9.97. The Morgan fingerprint density at radius 1 is 0.474 bits per heavy atom. The molecule has 10 atom stereocenters. The van der Waals surface area contributed by atoms with Crippen molar-refractivity contribution in [1.82, 2.24) is 5.48 Å². The molecule has 3 rings (SSSR count). The third kappa shape index (κ3) is 15.0. The number of benzene rings is 1. The Bertz CT molecular complexity index is 1600. The van der Waals surface area contributed by atoms with Gasteiger partial charge in [-0.1, -0.05) is 24.3 Å². The lowest BCUT2D eigenvalue weighted by Gasteiger charge is -2.46. The SMILES string of the molecule is CC(=O)NO[C@H]1[C@H](OC[C@H]2O[C@@H](OCc3ccc(COC(C)=O)cc3)[C@H](OC(C)=O)[C@@H](OC(C)=O)[C@H]2OC(C)=O)O[C@H](COC(C)=O)[C@@H](OC(C)=O)[C@@H]1OC(C)=O. The van der Waals surface area contributed by atoms with Crippen LogP contribution in [-0.4, -0.2) is 122 Å². The minimum absolute atomic E-state index is 0.0396. The van der Waals surface area contributed by atoms with Gasteiger partial charge in [0.2, 0.25) is 5.91 Å². The number of ether oxygens (including phenoxy) is 11. The highest BCUT2D eigenvalue weighted by molar-refractivity contribution is 5.71. The van der Waals surface area contributed by atoms with Crippen LogP contribution in [0.2, 0.25) is 0 Å². The first kappa shape index (κ1) is 46.2. The van der Waals surface area contributed by atoms with E-state index in [4.69, 9.17) is 56.9 Å². The maximum Gasteiger partial charge on any atom is 0.303 e. The molecule has 21 heteroatoms. The number of rotatable bonds is 17. The van der Waals surface area contributed by atoms with Gasteiger partial charge in [0.1, 0.15) is 25.4 Å². The molecule has 2 heterocycles. The molecule has 0 unspecified atom stereocenters. The zero-order valence-electron chi connectivity index (χ0n) is 32.6. The number of carbonyl (C=O) groups is 8. The highest BCUT2D eigenvalue weighted by Gasteiger charge is 2.55. The van der Waals surface area contributed by atoms with E-state index in [1.807, 2.05) is 0 Å². The van der Waals surface area contributed by atoms with Gasteiger partial charge in [-0.2, -0.15) is 0 Å². The van der Waals surface area contributed by atoms with Crippen molar-refractivity contribution in [1.29, 1.82) is 0 Å². The van der Waals surface area contributed by atoms with Crippen LogP contribution in [0.4, 0.5) is 0 Å². The molecule has 1 amide bonds. The summed E-state index contributed by atoms with van der Waals surface area (Å²) in [7, 11) is 0. The maximum atomic E-state index is 12.4. The molecule has 0 radical (unpaired) electrons. The van der Waals surface area contributed by atoms with Crippen molar-refractivity contribution in [2.24, 2.45) is 0 Å². The van der Waals surface area contributed by atoms with Gasteiger partial charge in [-0.05, 0) is 11.1 Å². The van der Waals surface area contributed by atoms with Crippen molar-refractivity contribution in [2.45, 2.75) is 130 Å². The van der Waals surface area contributed by atoms with Gasteiger partial charge >= 0.3 is 41.8 Å². The largest absolute Gasteiger partial charge is 0.463 e. The Hall–Kier alpha value is -5.22. The average Bonchev–Trinajstić information content (AvgIpc) is 3.10. The zero-order valence-corrected chi connectivity index (χ0v) is 32.6. The van der Waals surface area contributed by atoms with Crippen LogP contribution in [0.5, 0.6) is 0 Å². The minimum Gasteiger partial charge on any atom is -0.463 e. The molecule has 1 N–H and O–H groups in total. The Morgan fingerprint density at radius 3 is 1.33 bits per heavy atom. The Labute approximate surface area is 327 Å². The molecule has 0 aliphatic carbocycles. The van der Waals surface area contributed by atoms with Gasteiger partial charge < -0.3 is 52.1 Å². The number of carbonyl (C=O) groups excluding carboxylic acids is 8. The molecule has 316 valence electrons. The summed E-state index contributed by atoms with van der Waals surface area (Å²) in [4.78, 5) is 102. The van der Waals surface area contributed by atoms with Crippen molar-refractivity contribution in [3.63, 3.8) is 0 Å². The predicted octanol–water partition coefficient (Wildman–Crippen LogP) is 0.391. The number of hydroxylamine groups is 1. The van der Waals surface area contributed by atoms with E-state index in [2.05, 4.69) is 5.48 Å². The van der Waals surface area contributed by atoms with Gasteiger partial charge in [-0.3, -0.25) is 43.2 Å². The minimum atomic E-state index is -1.65. The summed E-state index contributed by atoms with van der Waals surface area (Å²) in [5.74, 6) is -6.14. The number of nitrogens with one attached hydrogen (secondary N) is 1. The van der Waals surface area contributed by atoms with E-state index in [-0.39, 0.29) is 13.2 Å². The molecule has 1 aromatic rings. The smallest absolute Gasteiger partial charge is 0.303 e. The van der Waals surface area contributed by atoms with Gasteiger partial charge in [-0.25, -0.2) is 5.48 Å². The van der Waals surface area contributed by atoms with Crippen molar-refractivity contribution >= 4 is 47.7 Å². The van der Waals surface area contributed by atoms with Crippen LogP contribution in [-0.2, 0) is 109 Å². The second kappa shape index (κ2) is 21.9. The summed E-state index contributed by atoms with van der Waals surface area (Å²) in [6.45, 7) is 7.57. The third-order valence-electron chi connectivity index (χ3n) is 7.79. The highest BCUT2D eigenvalue weighted by Crippen LogP contribution is 2.33. The van der Waals surface area contributed by atoms with Crippen molar-refractivity contribution < 1.29 is 95.3 Å². The fourth-order valence-corrected chi connectivity index (χ4v) is 5.69. The molecule has 0 saturated carbocycles. The van der Waals surface area contributed by atoms with Crippen LogP contribution in [0.15, 0.2) is 24.3 Å². The van der Waals surface area contributed by atoms with E-state index in [1.54, 1.807) is 24.3 Å². The van der Waals surface area contributed by atoms with Crippen LogP contribution < -0.4 is 5.48 Å². The van der Waals surface area contributed by atoms with Gasteiger partial charge in [0.15, 0.2) is 49.2 Å². The lowest BCUT2D eigenvalue weighted by molar-refractivity contribution is -0.342. The molecule has 21 nitrogen and oxygen atoms in total. The van der Waals surface area contributed by atoms with Crippen LogP contribution in [0.1, 0.15) is 66.5 Å². The topological polar surface area (TPSA) is 259 Å². The van der Waals surface area contributed by atoms with E-state index < -0.39 is 122 Å². The lowest BCUT2D eigenvalue weighted by Crippen LogP contribution is -2.65. The van der Waals surface area contributed by atoms with Crippen LogP contribution in [0, 0.1) is 0 Å². The maximum absolute atomic E-state index is 12.4. The fourth-order valence-electron chi connectivity index (χ4n) is 5.69. The first-order chi connectivity index (χ1) is 26.8. The van der Waals surface area contributed by atoms with Gasteiger partial charge in [0.05, 0.1) is 13.2 Å². The normalized spacial score (nSPS) is 26.8. The van der Waals surface area contributed by atoms with Crippen LogP contribution in [0.25, 0.3) is 0 Å². The van der Waals surface area contributed by atoms with Crippen molar-refractivity contribution in [3.05, 3.63) is 35.4 Å². The average molecular weight is 814 g/mol. The Morgan fingerprint density at radius 2 is 0.877 bits per heavy atom. The van der Waals surface area contributed by atoms with E-state index in [1.165, 1.54) is 6.92 Å². The van der Waals surface area contributed by atoms with Crippen LogP contribution >= 0.6 is 0 Å². The predicted molar refractivity (Wildman–Crippen MR) is 183 cm³/mol. The standard InChI is InChI=1S/C36H47NO20/c1-17(38)37-57-34-32(53-23(7)44)30(51-21(5)42)27(15-47-19(3)40)56-36(34)49-16-28-29(50-20(4)41)31(52-22(6)43)33(54-24(8)45)35(55-28)48-14-26-11-9-25(10-12-26)13-46-18(2)39/h9-12,27-36H,13-16H2,1-8H3,(H,37,38)/t27-,28-,29+,30-,31+,32+,33-,34-,35-,36-/m1/s1. The molecule has 57 heavy (non-hydrogen) atoms.